The Kier molecular flexibility index (Phi) is 7.86. The Balaban J connectivity index is 1.91. The Labute approximate surface area is 200 Å². The van der Waals surface area contributed by atoms with E-state index in [1.54, 1.807) is 55.5 Å². The van der Waals surface area contributed by atoms with Gasteiger partial charge in [-0.25, -0.2) is 4.79 Å². The number of nitrogens with zero attached hydrogens (tertiary/aromatic N) is 1. The number of benzene rings is 2. The summed E-state index contributed by atoms with van der Waals surface area (Å²) in [6.45, 7) is 1.72. The molecule has 1 amide bonds. The van der Waals surface area contributed by atoms with Crippen LogP contribution in [0.4, 0.5) is 5.69 Å². The molecule has 164 valence electrons. The second-order valence-electron chi connectivity index (χ2n) is 6.81. The van der Waals surface area contributed by atoms with Crippen LogP contribution in [0.3, 0.4) is 0 Å². The van der Waals surface area contributed by atoms with E-state index in [-0.39, 0.29) is 17.2 Å². The zero-order valence-electron chi connectivity index (χ0n) is 17.2. The predicted molar refractivity (Wildman–Crippen MR) is 127 cm³/mol. The van der Waals surface area contributed by atoms with Gasteiger partial charge in [-0.05, 0) is 36.8 Å². The van der Waals surface area contributed by atoms with E-state index in [9.17, 15) is 14.9 Å². The zero-order valence-corrected chi connectivity index (χ0v) is 19.6. The second kappa shape index (κ2) is 10.6. The quantitative estimate of drug-likeness (QED) is 0.541. The molecule has 2 aromatic rings. The molecule has 32 heavy (non-hydrogen) atoms. The lowest BCUT2D eigenvalue weighted by atomic mass is 9.82. The lowest BCUT2D eigenvalue weighted by Gasteiger charge is -2.29. The van der Waals surface area contributed by atoms with E-state index < -0.39 is 11.9 Å². The molecule has 2 N–H and O–H groups in total. The molecular formula is C23H19Cl2N3O3S. The molecule has 0 bridgehead atoms. The highest BCUT2D eigenvalue weighted by Crippen LogP contribution is 2.43. The monoisotopic (exact) mass is 487 g/mol. The molecule has 1 aliphatic rings. The van der Waals surface area contributed by atoms with Gasteiger partial charge in [-0.3, -0.25) is 4.79 Å². The third-order valence-electron chi connectivity index (χ3n) is 4.72. The smallest absolute Gasteiger partial charge is 0.336 e. The molecule has 0 fully saturated rings. The Bertz CT molecular complexity index is 1170. The van der Waals surface area contributed by atoms with Crippen LogP contribution >= 0.6 is 35.0 Å². The summed E-state index contributed by atoms with van der Waals surface area (Å²) in [6.07, 6.45) is 0. The Hall–Kier alpha value is -2.92. The van der Waals surface area contributed by atoms with E-state index in [1.807, 2.05) is 0 Å². The summed E-state index contributed by atoms with van der Waals surface area (Å²) < 4.78 is 4.96. The Morgan fingerprint density at radius 2 is 1.97 bits per heavy atom. The minimum absolute atomic E-state index is 0.0378. The summed E-state index contributed by atoms with van der Waals surface area (Å²) in [5.41, 5.74) is 2.29. The van der Waals surface area contributed by atoms with E-state index in [4.69, 9.17) is 27.9 Å². The molecule has 0 aromatic heterocycles. The summed E-state index contributed by atoms with van der Waals surface area (Å²) in [6, 6.07) is 16.0. The fourth-order valence-corrected chi connectivity index (χ4v) is 4.66. The molecule has 6 nitrogen and oxygen atoms in total. The minimum Gasteiger partial charge on any atom is -0.466 e. The van der Waals surface area contributed by atoms with Crippen LogP contribution in [0.1, 0.15) is 18.4 Å². The highest BCUT2D eigenvalue weighted by molar-refractivity contribution is 8.03. The molecule has 0 saturated carbocycles. The van der Waals surface area contributed by atoms with Gasteiger partial charge in [0.05, 0.1) is 41.0 Å². The third-order valence-corrected chi connectivity index (χ3v) is 6.32. The first-order chi connectivity index (χ1) is 15.3. The number of amides is 1. The van der Waals surface area contributed by atoms with Gasteiger partial charge in [0.15, 0.2) is 0 Å². The van der Waals surface area contributed by atoms with E-state index in [1.165, 1.54) is 7.11 Å². The first kappa shape index (κ1) is 23.7. The number of thioether (sulfide) groups is 1. The fourth-order valence-electron chi connectivity index (χ4n) is 3.33. The highest BCUT2D eigenvalue weighted by Gasteiger charge is 2.36. The summed E-state index contributed by atoms with van der Waals surface area (Å²) >= 11 is 13.5. The van der Waals surface area contributed by atoms with Gasteiger partial charge in [0, 0.05) is 21.4 Å². The van der Waals surface area contributed by atoms with Gasteiger partial charge < -0.3 is 15.4 Å². The van der Waals surface area contributed by atoms with Crippen LogP contribution in [0.25, 0.3) is 0 Å². The van der Waals surface area contributed by atoms with Gasteiger partial charge in [-0.2, -0.15) is 5.26 Å². The molecular weight excluding hydrogens is 469 g/mol. The number of rotatable bonds is 6. The maximum Gasteiger partial charge on any atom is 0.336 e. The van der Waals surface area contributed by atoms with Crippen molar-refractivity contribution in [3.63, 3.8) is 0 Å². The summed E-state index contributed by atoms with van der Waals surface area (Å²) in [5.74, 6) is -1.51. The van der Waals surface area contributed by atoms with Crippen molar-refractivity contribution in [3.8, 4) is 6.07 Å². The van der Waals surface area contributed by atoms with Crippen molar-refractivity contribution >= 4 is 52.5 Å². The first-order valence-corrected chi connectivity index (χ1v) is 11.2. The van der Waals surface area contributed by atoms with E-state index in [0.29, 0.717) is 37.6 Å². The number of anilines is 1. The molecule has 0 radical (unpaired) electrons. The predicted octanol–water partition coefficient (Wildman–Crippen LogP) is 5.23. The van der Waals surface area contributed by atoms with Crippen LogP contribution in [-0.4, -0.2) is 24.7 Å². The van der Waals surface area contributed by atoms with Crippen LogP contribution in [0.5, 0.6) is 0 Å². The fraction of sp³-hybridized carbons (Fsp3) is 0.174. The summed E-state index contributed by atoms with van der Waals surface area (Å²) in [4.78, 5) is 25.0. The van der Waals surface area contributed by atoms with Gasteiger partial charge in [0.1, 0.15) is 0 Å². The summed E-state index contributed by atoms with van der Waals surface area (Å²) in [5, 5.41) is 17.2. The number of allylic oxidation sites excluding steroid dienone is 2. The van der Waals surface area contributed by atoms with E-state index in [0.717, 1.165) is 11.8 Å². The molecule has 1 atom stereocenters. The van der Waals surface area contributed by atoms with Crippen LogP contribution in [0, 0.1) is 11.3 Å². The number of carbonyl (C=O) groups excluding carboxylic acids is 2. The van der Waals surface area contributed by atoms with E-state index >= 15 is 0 Å². The maximum atomic E-state index is 12.6. The maximum absolute atomic E-state index is 12.6. The van der Waals surface area contributed by atoms with Gasteiger partial charge in [0.2, 0.25) is 5.91 Å². The molecule has 9 heteroatoms. The molecule has 3 rings (SSSR count). The van der Waals surface area contributed by atoms with Crippen molar-refractivity contribution < 1.29 is 14.3 Å². The third kappa shape index (κ3) is 5.28. The number of hydrogen-bond acceptors (Lipinski definition) is 6. The van der Waals surface area contributed by atoms with Gasteiger partial charge in [0.25, 0.3) is 0 Å². The number of ether oxygens (including phenoxy) is 1. The summed E-state index contributed by atoms with van der Waals surface area (Å²) in [7, 11) is 1.28. The molecule has 1 aliphatic heterocycles. The zero-order chi connectivity index (χ0) is 23.3. The number of nitrogens with one attached hydrogen (secondary N) is 2. The molecule has 1 unspecified atom stereocenters. The topological polar surface area (TPSA) is 91.2 Å². The standard InChI is InChI=1S/C23H19Cl2N3O3S/c1-13-20(23(30)31-2)21(16-8-3-4-9-18(16)25)17(11-26)22(27-13)32-12-19(29)28-15-7-5-6-14(24)10-15/h3-10,21,27H,12H2,1-2H3,(H,28,29). The number of esters is 1. The van der Waals surface area contributed by atoms with Gasteiger partial charge in [-0.15, -0.1) is 0 Å². The Morgan fingerprint density at radius 1 is 1.22 bits per heavy atom. The van der Waals surface area contributed by atoms with Crippen molar-refractivity contribution in [3.05, 3.63) is 86.0 Å². The van der Waals surface area contributed by atoms with Crippen LogP contribution in [0.15, 0.2) is 70.4 Å². The highest BCUT2D eigenvalue weighted by atomic mass is 35.5. The molecule has 2 aromatic carbocycles. The average Bonchev–Trinajstić information content (AvgIpc) is 2.77. The average molecular weight is 488 g/mol. The van der Waals surface area contributed by atoms with Crippen molar-refractivity contribution in [2.75, 3.05) is 18.2 Å². The van der Waals surface area contributed by atoms with Crippen molar-refractivity contribution in [2.45, 2.75) is 12.8 Å². The van der Waals surface area contributed by atoms with Crippen LogP contribution in [0.2, 0.25) is 10.0 Å². The Morgan fingerprint density at radius 3 is 2.62 bits per heavy atom. The van der Waals surface area contributed by atoms with Crippen molar-refractivity contribution in [2.24, 2.45) is 0 Å². The second-order valence-corrected chi connectivity index (χ2v) is 8.64. The van der Waals surface area contributed by atoms with Crippen molar-refractivity contribution in [1.29, 1.82) is 5.26 Å². The minimum atomic E-state index is -0.721. The van der Waals surface area contributed by atoms with Gasteiger partial charge in [-0.1, -0.05) is 59.2 Å². The lowest BCUT2D eigenvalue weighted by Crippen LogP contribution is -2.29. The lowest BCUT2D eigenvalue weighted by molar-refractivity contribution is -0.136. The number of nitriles is 1. The number of dihydropyridines is 1. The normalized spacial score (nSPS) is 15.7. The molecule has 1 heterocycles. The first-order valence-electron chi connectivity index (χ1n) is 9.48. The SMILES string of the molecule is COC(=O)C1=C(C)NC(SCC(=O)Nc2cccc(Cl)c2)=C(C#N)C1c1ccccc1Cl. The number of hydrogen-bond donors (Lipinski definition) is 2. The number of methoxy groups -OCH3 is 1. The largest absolute Gasteiger partial charge is 0.466 e. The number of carbonyl (C=O) groups is 2. The van der Waals surface area contributed by atoms with Crippen LogP contribution in [-0.2, 0) is 14.3 Å². The van der Waals surface area contributed by atoms with Crippen LogP contribution < -0.4 is 10.6 Å². The van der Waals surface area contributed by atoms with Gasteiger partial charge >= 0.3 is 5.97 Å². The van der Waals surface area contributed by atoms with Crippen molar-refractivity contribution in [1.82, 2.24) is 5.32 Å². The molecule has 0 saturated heterocycles. The molecule has 0 spiro atoms. The van der Waals surface area contributed by atoms with E-state index in [2.05, 4.69) is 16.7 Å². The molecule has 0 aliphatic carbocycles. The number of halogens is 2.